The van der Waals surface area contributed by atoms with E-state index in [1.807, 2.05) is 6.92 Å². The fourth-order valence-corrected chi connectivity index (χ4v) is 1.48. The van der Waals surface area contributed by atoms with Crippen LogP contribution >= 0.6 is 0 Å². The first kappa shape index (κ1) is 8.92. The zero-order chi connectivity index (χ0) is 7.11. The molecule has 2 heteroatoms. The maximum atomic E-state index is 5.37. The van der Waals surface area contributed by atoms with Crippen LogP contribution in [0, 0.1) is 0 Å². The van der Waals surface area contributed by atoms with Crippen molar-refractivity contribution in [2.75, 3.05) is 6.61 Å². The summed E-state index contributed by atoms with van der Waals surface area (Å²) < 4.78 is 5.37. The Morgan fingerprint density at radius 3 is 2.78 bits per heavy atom. The smallest absolute Gasteiger partial charge is 0.162 e. The van der Waals surface area contributed by atoms with Crippen LogP contribution < -0.4 is 0 Å². The van der Waals surface area contributed by atoms with Gasteiger partial charge in [-0.15, -0.1) is 0 Å². The molecule has 0 aliphatic heterocycles. The van der Waals surface area contributed by atoms with Gasteiger partial charge in [-0.05, 0) is 13.0 Å². The van der Waals surface area contributed by atoms with Crippen LogP contribution in [0.5, 0.6) is 0 Å². The van der Waals surface area contributed by atoms with E-state index < -0.39 is 0 Å². The Hall–Kier alpha value is -0.0831. The van der Waals surface area contributed by atoms with Gasteiger partial charge in [0, 0.05) is 0 Å². The molecule has 9 heavy (non-hydrogen) atoms. The zero-order valence-electron chi connectivity index (χ0n) is 6.44. The van der Waals surface area contributed by atoms with E-state index in [0.717, 1.165) is 12.2 Å². The van der Waals surface area contributed by atoms with Crippen molar-refractivity contribution in [2.45, 2.75) is 26.3 Å². The quantitative estimate of drug-likeness (QED) is 0.323. The Morgan fingerprint density at radius 2 is 2.33 bits per heavy atom. The molecule has 0 spiro atoms. The molecule has 0 bridgehead atoms. The Kier molecular flexibility index (Phi) is 5.99. The normalized spacial score (nSPS) is 10.9. The molecule has 0 saturated heterocycles. The van der Waals surface area contributed by atoms with Crippen molar-refractivity contribution in [2.24, 2.45) is 0 Å². The molecule has 0 N–H and O–H groups in total. The van der Waals surface area contributed by atoms with Gasteiger partial charge in [-0.1, -0.05) is 25.5 Å². The van der Waals surface area contributed by atoms with E-state index in [1.54, 1.807) is 0 Å². The van der Waals surface area contributed by atoms with Gasteiger partial charge < -0.3 is 4.43 Å². The second-order valence-electron chi connectivity index (χ2n) is 2.36. The van der Waals surface area contributed by atoms with E-state index in [0.29, 0.717) is 0 Å². The second-order valence-corrected chi connectivity index (χ2v) is 3.89. The van der Waals surface area contributed by atoms with Crippen molar-refractivity contribution in [3.05, 3.63) is 12.2 Å². The molecule has 0 aliphatic rings. The molecule has 0 heterocycles. The van der Waals surface area contributed by atoms with Gasteiger partial charge in [0.25, 0.3) is 0 Å². The summed E-state index contributed by atoms with van der Waals surface area (Å²) in [6.45, 7) is 8.73. The molecule has 0 fully saturated rings. The third-order valence-electron chi connectivity index (χ3n) is 0.991. The third-order valence-corrected chi connectivity index (χ3v) is 2.48. The highest BCUT2D eigenvalue weighted by molar-refractivity contribution is 6.27. The summed E-state index contributed by atoms with van der Waals surface area (Å²) in [4.78, 5) is 0. The second kappa shape index (κ2) is 6.04. The molecule has 0 aromatic carbocycles. The molecule has 54 valence electrons. The topological polar surface area (TPSA) is 9.23 Å². The molecular formula is C7H16OSi. The van der Waals surface area contributed by atoms with Crippen molar-refractivity contribution < 1.29 is 4.43 Å². The summed E-state index contributed by atoms with van der Waals surface area (Å²) in [5.74, 6) is 0. The van der Waals surface area contributed by atoms with Gasteiger partial charge in [0.1, 0.15) is 0 Å². The predicted octanol–water partition coefficient (Wildman–Crippen LogP) is 1.49. The predicted molar refractivity (Wildman–Crippen MR) is 44.4 cm³/mol. The van der Waals surface area contributed by atoms with Crippen molar-refractivity contribution in [3.8, 4) is 0 Å². The average Bonchev–Trinajstić information content (AvgIpc) is 1.80. The lowest BCUT2D eigenvalue weighted by Gasteiger charge is -1.99. The monoisotopic (exact) mass is 144 g/mol. The first-order chi connectivity index (χ1) is 4.27. The lowest BCUT2D eigenvalue weighted by Crippen LogP contribution is -1.99. The van der Waals surface area contributed by atoms with Gasteiger partial charge in [0.15, 0.2) is 9.76 Å². The van der Waals surface area contributed by atoms with Crippen LogP contribution in [-0.2, 0) is 4.43 Å². The first-order valence-corrected chi connectivity index (χ1v) is 5.07. The molecule has 0 amide bonds. The Bertz CT molecular complexity index is 81.0. The van der Waals surface area contributed by atoms with Gasteiger partial charge in [0.05, 0.1) is 6.61 Å². The minimum absolute atomic E-state index is 0.192. The standard InChI is InChI=1S/C7H16OSi/c1-4-5-9-8-6-7(2)3/h2,4-6,9H2,1,3H3. The number of hydrogen-bond donors (Lipinski definition) is 0. The summed E-state index contributed by atoms with van der Waals surface area (Å²) in [7, 11) is -0.192. The summed E-state index contributed by atoms with van der Waals surface area (Å²) in [5, 5.41) is 0. The third kappa shape index (κ3) is 7.92. The maximum absolute atomic E-state index is 5.37. The number of hydrogen-bond acceptors (Lipinski definition) is 1. The lowest BCUT2D eigenvalue weighted by atomic mass is 10.4. The highest BCUT2D eigenvalue weighted by atomic mass is 28.2. The average molecular weight is 144 g/mol. The molecule has 0 radical (unpaired) electrons. The van der Waals surface area contributed by atoms with Crippen molar-refractivity contribution in [3.63, 3.8) is 0 Å². The van der Waals surface area contributed by atoms with Gasteiger partial charge in [-0.25, -0.2) is 0 Å². The molecule has 0 aliphatic carbocycles. The van der Waals surface area contributed by atoms with Crippen LogP contribution in [0.4, 0.5) is 0 Å². The molecule has 0 atom stereocenters. The summed E-state index contributed by atoms with van der Waals surface area (Å²) >= 11 is 0. The highest BCUT2D eigenvalue weighted by Crippen LogP contribution is 1.90. The summed E-state index contributed by atoms with van der Waals surface area (Å²) in [6, 6.07) is 1.30. The molecule has 0 saturated carbocycles. The summed E-state index contributed by atoms with van der Waals surface area (Å²) in [5.41, 5.74) is 1.14. The molecule has 0 rings (SSSR count). The van der Waals surface area contributed by atoms with Crippen LogP contribution in [0.1, 0.15) is 20.3 Å². The van der Waals surface area contributed by atoms with E-state index in [9.17, 15) is 0 Å². The van der Waals surface area contributed by atoms with Crippen LogP contribution in [-0.4, -0.2) is 16.4 Å². The Balaban J connectivity index is 2.83. The van der Waals surface area contributed by atoms with Crippen molar-refractivity contribution in [1.82, 2.24) is 0 Å². The maximum Gasteiger partial charge on any atom is 0.162 e. The fraction of sp³-hybridized carbons (Fsp3) is 0.714. The van der Waals surface area contributed by atoms with Gasteiger partial charge in [-0.3, -0.25) is 0 Å². The van der Waals surface area contributed by atoms with E-state index in [1.165, 1.54) is 12.5 Å². The molecular weight excluding hydrogens is 128 g/mol. The summed E-state index contributed by atoms with van der Waals surface area (Å²) in [6.07, 6.45) is 1.27. The molecule has 1 nitrogen and oxygen atoms in total. The van der Waals surface area contributed by atoms with Crippen molar-refractivity contribution in [1.29, 1.82) is 0 Å². The highest BCUT2D eigenvalue weighted by Gasteiger charge is 1.86. The fourth-order valence-electron chi connectivity index (χ4n) is 0.493. The molecule has 0 unspecified atom stereocenters. The van der Waals surface area contributed by atoms with Gasteiger partial charge in [-0.2, -0.15) is 0 Å². The van der Waals surface area contributed by atoms with E-state index in [-0.39, 0.29) is 9.76 Å². The van der Waals surface area contributed by atoms with Crippen LogP contribution in [0.25, 0.3) is 0 Å². The molecule has 0 aromatic rings. The Morgan fingerprint density at radius 1 is 1.67 bits per heavy atom. The van der Waals surface area contributed by atoms with E-state index in [4.69, 9.17) is 4.43 Å². The lowest BCUT2D eigenvalue weighted by molar-refractivity contribution is 0.373. The van der Waals surface area contributed by atoms with Crippen LogP contribution in [0.15, 0.2) is 12.2 Å². The largest absolute Gasteiger partial charge is 0.420 e. The van der Waals surface area contributed by atoms with Crippen molar-refractivity contribution >= 4 is 9.76 Å². The minimum atomic E-state index is -0.192. The first-order valence-electron chi connectivity index (χ1n) is 3.49. The van der Waals surface area contributed by atoms with E-state index >= 15 is 0 Å². The zero-order valence-corrected chi connectivity index (χ0v) is 7.86. The van der Waals surface area contributed by atoms with Gasteiger partial charge >= 0.3 is 0 Å². The molecule has 0 aromatic heterocycles. The number of rotatable bonds is 5. The Labute approximate surface area is 60.1 Å². The van der Waals surface area contributed by atoms with Gasteiger partial charge in [0.2, 0.25) is 0 Å². The van der Waals surface area contributed by atoms with E-state index in [2.05, 4.69) is 13.5 Å². The SMILES string of the molecule is C=C(C)CO[SiH2]CCC. The minimum Gasteiger partial charge on any atom is -0.420 e. The van der Waals surface area contributed by atoms with Crippen LogP contribution in [0.2, 0.25) is 6.04 Å². The van der Waals surface area contributed by atoms with Crippen LogP contribution in [0.3, 0.4) is 0 Å².